The van der Waals surface area contributed by atoms with E-state index < -0.39 is 48.1 Å². The molecule has 5 atom stereocenters. The van der Waals surface area contributed by atoms with Crippen LogP contribution in [0.1, 0.15) is 13.2 Å². The van der Waals surface area contributed by atoms with Gasteiger partial charge in [0.1, 0.15) is 25.2 Å². The van der Waals surface area contributed by atoms with Crippen LogP contribution in [-0.2, 0) is 4.74 Å². The van der Waals surface area contributed by atoms with E-state index in [9.17, 15) is 24.2 Å². The lowest BCUT2D eigenvalue weighted by Gasteiger charge is -2.27. The summed E-state index contributed by atoms with van der Waals surface area (Å²) in [6, 6.07) is 0. The number of hydrogen-bond acceptors (Lipinski definition) is 7. The molecule has 0 aromatic carbocycles. The molecule has 5 N–H and O–H groups in total. The Bertz CT molecular complexity index is 720. The Hall–Kier alpha value is -2.06. The molecule has 0 bridgehead atoms. The normalized spacial score (nSPS) is 32.3. The van der Waals surface area contributed by atoms with Crippen LogP contribution in [0.3, 0.4) is 0 Å². The van der Waals surface area contributed by atoms with Crippen molar-refractivity contribution in [2.75, 3.05) is 6.67 Å². The summed E-state index contributed by atoms with van der Waals surface area (Å²) in [6.45, 7) is 0.337. The molecule has 1 aromatic heterocycles. The molecule has 0 saturated carbocycles. The van der Waals surface area contributed by atoms with Crippen LogP contribution in [0, 0.1) is 11.8 Å². The number of aliphatic hydroxyl groups is 2. The van der Waals surface area contributed by atoms with Gasteiger partial charge in [0.05, 0.1) is 6.10 Å². The molecule has 10 heteroatoms. The molecular formula is C12H15FN4O5. The second-order valence-electron chi connectivity index (χ2n) is 4.89. The third-order valence-corrected chi connectivity index (χ3v) is 3.34. The van der Waals surface area contributed by atoms with Gasteiger partial charge in [-0.15, -0.1) is 0 Å². The molecule has 1 aliphatic rings. The second kappa shape index (κ2) is 5.98. The van der Waals surface area contributed by atoms with Gasteiger partial charge >= 0.3 is 11.4 Å². The van der Waals surface area contributed by atoms with Crippen molar-refractivity contribution < 1.29 is 19.3 Å². The van der Waals surface area contributed by atoms with Crippen LogP contribution in [-0.4, -0.2) is 55.3 Å². The largest absolute Gasteiger partial charge is 0.391 e. The topological polar surface area (TPSA) is 143 Å². The molecule has 1 fully saturated rings. The number of hydrogen-bond donors (Lipinski definition) is 4. The molecule has 0 spiro atoms. The number of halogens is 1. The minimum Gasteiger partial charge on any atom is -0.391 e. The smallest absolute Gasteiger partial charge is 0.350 e. The number of rotatable bonds is 2. The number of aromatic nitrogens is 3. The van der Waals surface area contributed by atoms with Crippen molar-refractivity contribution in [3.05, 3.63) is 27.3 Å². The van der Waals surface area contributed by atoms with Gasteiger partial charge < -0.3 is 20.7 Å². The number of aromatic amines is 1. The molecule has 1 aliphatic heterocycles. The van der Waals surface area contributed by atoms with Gasteiger partial charge in [-0.1, -0.05) is 11.8 Å². The van der Waals surface area contributed by atoms with Crippen LogP contribution >= 0.6 is 0 Å². The van der Waals surface area contributed by atoms with Gasteiger partial charge in [0, 0.05) is 0 Å². The molecule has 2 rings (SSSR count). The van der Waals surface area contributed by atoms with Crippen LogP contribution in [0.25, 0.3) is 0 Å². The van der Waals surface area contributed by atoms with Crippen molar-refractivity contribution in [1.29, 1.82) is 0 Å². The number of nitrogens with two attached hydrogens (primary N) is 1. The number of aliphatic hydroxyl groups excluding tert-OH is 2. The zero-order valence-electron chi connectivity index (χ0n) is 11.6. The Balaban J connectivity index is 2.55. The summed E-state index contributed by atoms with van der Waals surface area (Å²) in [6.07, 6.45) is -4.25. The molecule has 0 amide bonds. The number of nitrogens with zero attached hydrogens (tertiary/aromatic N) is 2. The molecule has 22 heavy (non-hydrogen) atoms. The summed E-state index contributed by atoms with van der Waals surface area (Å²) in [4.78, 5) is 28.1. The first-order valence-corrected chi connectivity index (χ1v) is 6.35. The van der Waals surface area contributed by atoms with Crippen LogP contribution in [0.15, 0.2) is 15.9 Å². The Morgan fingerprint density at radius 2 is 2.36 bits per heavy atom. The van der Waals surface area contributed by atoms with Gasteiger partial charge in [0.15, 0.2) is 11.8 Å². The molecule has 120 valence electrons. The quantitative estimate of drug-likeness (QED) is 0.433. The molecule has 1 saturated heterocycles. The molecule has 9 nitrogen and oxygen atoms in total. The molecule has 1 unspecified atom stereocenters. The van der Waals surface area contributed by atoms with Gasteiger partial charge in [-0.05, 0) is 6.92 Å². The van der Waals surface area contributed by atoms with E-state index in [4.69, 9.17) is 10.5 Å². The fraction of sp³-hybridized carbons (Fsp3) is 0.583. The third-order valence-electron chi connectivity index (χ3n) is 3.34. The van der Waals surface area contributed by atoms with E-state index in [1.54, 1.807) is 0 Å². The Kier molecular flexibility index (Phi) is 4.43. The summed E-state index contributed by atoms with van der Waals surface area (Å²) in [5.74, 6) is 4.40. The first-order valence-electron chi connectivity index (χ1n) is 6.35. The number of nitrogens with one attached hydrogen (secondary N) is 1. The number of ether oxygens (including phenoxy) is 1. The molecule has 1 aromatic rings. The van der Waals surface area contributed by atoms with E-state index >= 15 is 0 Å². The van der Waals surface area contributed by atoms with Crippen molar-refractivity contribution in [1.82, 2.24) is 14.5 Å². The molecule has 0 radical (unpaired) electrons. The maximum atomic E-state index is 12.3. The van der Waals surface area contributed by atoms with E-state index in [2.05, 4.69) is 16.8 Å². The summed E-state index contributed by atoms with van der Waals surface area (Å²) >= 11 is 0. The highest BCUT2D eigenvalue weighted by molar-refractivity contribution is 5.26. The van der Waals surface area contributed by atoms with Crippen molar-refractivity contribution in [3.63, 3.8) is 0 Å². The predicted octanol–water partition coefficient (Wildman–Crippen LogP) is -2.76. The van der Waals surface area contributed by atoms with Crippen LogP contribution in [0.4, 0.5) is 4.39 Å². The van der Waals surface area contributed by atoms with E-state index in [1.165, 1.54) is 6.92 Å². The summed E-state index contributed by atoms with van der Waals surface area (Å²) in [5.41, 5.74) is 2.37. The highest BCUT2D eigenvalue weighted by Gasteiger charge is 2.55. The Labute approximate surface area is 123 Å². The number of H-pyrrole nitrogens is 1. The first-order chi connectivity index (χ1) is 10.3. The van der Waals surface area contributed by atoms with Crippen molar-refractivity contribution in [3.8, 4) is 11.8 Å². The van der Waals surface area contributed by atoms with E-state index in [0.29, 0.717) is 0 Å². The summed E-state index contributed by atoms with van der Waals surface area (Å²) < 4.78 is 18.6. The summed E-state index contributed by atoms with van der Waals surface area (Å²) in [5, 5.41) is 19.9. The molecular weight excluding hydrogens is 299 g/mol. The standard InChI is InChI=1S/C12H15FN4O5/c1-6(18)7-8(19)12(14,3-2-4-13)9(22-7)17-5-15-10(20)16-11(17)21/h5-9,18-19H,4,14H2,1H3,(H,16,20,21)/t6-,7-,8?,9-,12-/m1/s1. The maximum Gasteiger partial charge on any atom is 0.350 e. The lowest BCUT2D eigenvalue weighted by molar-refractivity contribution is -0.0782. The van der Waals surface area contributed by atoms with Gasteiger partial charge in [-0.3, -0.25) is 9.55 Å². The zero-order valence-corrected chi connectivity index (χ0v) is 11.6. The lowest BCUT2D eigenvalue weighted by atomic mass is 9.90. The lowest BCUT2D eigenvalue weighted by Crippen LogP contribution is -2.55. The van der Waals surface area contributed by atoms with Crippen LogP contribution in [0.5, 0.6) is 0 Å². The van der Waals surface area contributed by atoms with Crippen LogP contribution in [0.2, 0.25) is 0 Å². The van der Waals surface area contributed by atoms with E-state index in [0.717, 1.165) is 10.9 Å². The summed E-state index contributed by atoms with van der Waals surface area (Å²) in [7, 11) is 0. The molecule has 2 heterocycles. The Morgan fingerprint density at radius 1 is 1.68 bits per heavy atom. The van der Waals surface area contributed by atoms with Crippen LogP contribution < -0.4 is 17.1 Å². The van der Waals surface area contributed by atoms with E-state index in [1.807, 2.05) is 4.98 Å². The first kappa shape index (κ1) is 16.3. The minimum absolute atomic E-state index is 0.819. The van der Waals surface area contributed by atoms with Gasteiger partial charge in [0.2, 0.25) is 0 Å². The fourth-order valence-corrected chi connectivity index (χ4v) is 2.27. The average molecular weight is 314 g/mol. The fourth-order valence-electron chi connectivity index (χ4n) is 2.27. The second-order valence-corrected chi connectivity index (χ2v) is 4.89. The maximum absolute atomic E-state index is 12.3. The highest BCUT2D eigenvalue weighted by Crippen LogP contribution is 2.36. The average Bonchev–Trinajstić information content (AvgIpc) is 2.70. The van der Waals surface area contributed by atoms with Crippen molar-refractivity contribution in [2.45, 2.75) is 37.0 Å². The van der Waals surface area contributed by atoms with Gasteiger partial charge in [-0.2, -0.15) is 4.98 Å². The SMILES string of the molecule is C[C@@H](O)[C@H]1O[C@@H](n2cnc(=O)[nH]c2=O)[C@@](N)(C#CCF)C1O. The van der Waals surface area contributed by atoms with Gasteiger partial charge in [-0.25, -0.2) is 14.0 Å². The van der Waals surface area contributed by atoms with E-state index in [-0.39, 0.29) is 0 Å². The Morgan fingerprint density at radius 3 is 2.91 bits per heavy atom. The highest BCUT2D eigenvalue weighted by atomic mass is 19.1. The number of alkyl halides is 1. The minimum atomic E-state index is -1.86. The monoisotopic (exact) mass is 314 g/mol. The van der Waals surface area contributed by atoms with Gasteiger partial charge in [0.25, 0.3) is 0 Å². The van der Waals surface area contributed by atoms with Crippen molar-refractivity contribution >= 4 is 0 Å². The van der Waals surface area contributed by atoms with Crippen molar-refractivity contribution in [2.24, 2.45) is 5.73 Å². The predicted molar refractivity (Wildman–Crippen MR) is 71.4 cm³/mol. The zero-order chi connectivity index (χ0) is 16.5. The third kappa shape index (κ3) is 2.67. The molecule has 0 aliphatic carbocycles.